The van der Waals surface area contributed by atoms with Gasteiger partial charge in [0.25, 0.3) is 0 Å². The summed E-state index contributed by atoms with van der Waals surface area (Å²) in [6, 6.07) is 5.07. The largest absolute Gasteiger partial charge is 0.377 e. The summed E-state index contributed by atoms with van der Waals surface area (Å²) >= 11 is 0. The summed E-state index contributed by atoms with van der Waals surface area (Å²) in [4.78, 5) is 15.1. The van der Waals surface area contributed by atoms with E-state index < -0.39 is 5.97 Å². The maximum Gasteiger partial charge on any atom is 0.377 e. The number of hydrogen-bond acceptors (Lipinski definition) is 3. The van der Waals surface area contributed by atoms with Gasteiger partial charge in [-0.15, -0.1) is 0 Å². The standard InChI is InChI=1S/C8H7N2O2/c1-7(11)12-10-4-2-8(6-9)3-5-10/h2-5H,1H3/q+1. The first kappa shape index (κ1) is 8.21. The molecule has 0 bridgehead atoms. The molecule has 1 aromatic rings. The second kappa shape index (κ2) is 3.49. The van der Waals surface area contributed by atoms with Crippen molar-refractivity contribution in [2.24, 2.45) is 0 Å². The predicted molar refractivity (Wildman–Crippen MR) is 38.6 cm³/mol. The molecular formula is C8H7N2O2+. The molecule has 1 aromatic heterocycles. The Balaban J connectivity index is 2.80. The molecule has 0 radical (unpaired) electrons. The monoisotopic (exact) mass is 163 g/mol. The minimum Gasteiger partial charge on any atom is -0.245 e. The Labute approximate surface area is 69.6 Å². The smallest absolute Gasteiger partial charge is 0.245 e. The molecule has 0 amide bonds. The van der Waals surface area contributed by atoms with E-state index in [1.54, 1.807) is 12.1 Å². The van der Waals surface area contributed by atoms with E-state index >= 15 is 0 Å². The minimum absolute atomic E-state index is 0.398. The summed E-state index contributed by atoms with van der Waals surface area (Å²) in [5.74, 6) is -0.398. The van der Waals surface area contributed by atoms with E-state index in [1.807, 2.05) is 6.07 Å². The molecule has 12 heavy (non-hydrogen) atoms. The van der Waals surface area contributed by atoms with Gasteiger partial charge in [0.05, 0.1) is 11.6 Å². The summed E-state index contributed by atoms with van der Waals surface area (Å²) < 4.78 is 1.24. The molecule has 0 spiro atoms. The van der Waals surface area contributed by atoms with Crippen LogP contribution in [0.4, 0.5) is 0 Å². The molecule has 0 aromatic carbocycles. The third kappa shape index (κ3) is 2.06. The zero-order chi connectivity index (χ0) is 8.97. The quantitative estimate of drug-likeness (QED) is 0.540. The fourth-order valence-electron chi connectivity index (χ4n) is 0.697. The normalized spacial score (nSPS) is 8.67. The van der Waals surface area contributed by atoms with Crippen molar-refractivity contribution in [3.05, 3.63) is 30.1 Å². The zero-order valence-corrected chi connectivity index (χ0v) is 6.52. The highest BCUT2D eigenvalue weighted by Gasteiger charge is 2.04. The average molecular weight is 163 g/mol. The third-order valence-corrected chi connectivity index (χ3v) is 1.17. The minimum atomic E-state index is -0.398. The predicted octanol–water partition coefficient (Wildman–Crippen LogP) is -0.179. The van der Waals surface area contributed by atoms with E-state index in [2.05, 4.69) is 4.84 Å². The number of hydrogen-bond donors (Lipinski definition) is 0. The molecule has 60 valence electrons. The van der Waals surface area contributed by atoms with Crippen LogP contribution in [-0.2, 0) is 4.79 Å². The van der Waals surface area contributed by atoms with Crippen LogP contribution in [-0.4, -0.2) is 5.97 Å². The molecule has 0 aliphatic rings. The van der Waals surface area contributed by atoms with Crippen LogP contribution in [0.3, 0.4) is 0 Å². The highest BCUT2D eigenvalue weighted by molar-refractivity contribution is 5.65. The van der Waals surface area contributed by atoms with Gasteiger partial charge < -0.3 is 0 Å². The van der Waals surface area contributed by atoms with Crippen molar-refractivity contribution < 1.29 is 14.4 Å². The lowest BCUT2D eigenvalue weighted by atomic mass is 10.3. The average Bonchev–Trinajstić information content (AvgIpc) is 2.05. The molecule has 0 aliphatic heterocycles. The van der Waals surface area contributed by atoms with E-state index in [0.29, 0.717) is 5.56 Å². The van der Waals surface area contributed by atoms with Crippen molar-refractivity contribution in [3.63, 3.8) is 0 Å². The number of aromatic nitrogens is 1. The first-order valence-electron chi connectivity index (χ1n) is 3.32. The Bertz CT molecular complexity index is 324. The lowest BCUT2D eigenvalue weighted by Gasteiger charge is -1.90. The molecule has 0 atom stereocenters. The number of carbonyl (C=O) groups excluding carboxylic acids is 1. The van der Waals surface area contributed by atoms with Crippen LogP contribution in [0.25, 0.3) is 0 Å². The summed E-state index contributed by atoms with van der Waals surface area (Å²) in [6.07, 6.45) is 3.00. The van der Waals surface area contributed by atoms with Crippen LogP contribution in [0.15, 0.2) is 24.5 Å². The molecule has 1 heterocycles. The van der Waals surface area contributed by atoms with Crippen molar-refractivity contribution in [3.8, 4) is 6.07 Å². The second-order valence-corrected chi connectivity index (χ2v) is 2.14. The molecule has 0 saturated heterocycles. The van der Waals surface area contributed by atoms with E-state index in [0.717, 1.165) is 0 Å². The fourth-order valence-corrected chi connectivity index (χ4v) is 0.697. The Kier molecular flexibility index (Phi) is 2.38. The van der Waals surface area contributed by atoms with Gasteiger partial charge in [0.2, 0.25) is 12.4 Å². The molecule has 0 aliphatic carbocycles. The zero-order valence-electron chi connectivity index (χ0n) is 6.52. The molecule has 4 heteroatoms. The number of pyridine rings is 1. The van der Waals surface area contributed by atoms with Gasteiger partial charge in [-0.25, -0.2) is 4.79 Å². The topological polar surface area (TPSA) is 54.0 Å². The first-order valence-corrected chi connectivity index (χ1v) is 3.32. The highest BCUT2D eigenvalue weighted by Crippen LogP contribution is 1.89. The second-order valence-electron chi connectivity index (χ2n) is 2.14. The fraction of sp³-hybridized carbons (Fsp3) is 0.125. The Hall–Kier alpha value is -1.89. The van der Waals surface area contributed by atoms with Gasteiger partial charge in [-0.2, -0.15) is 10.1 Å². The maximum atomic E-state index is 10.5. The maximum absolute atomic E-state index is 10.5. The Morgan fingerprint density at radius 3 is 2.58 bits per heavy atom. The molecule has 0 N–H and O–H groups in total. The summed E-state index contributed by atoms with van der Waals surface area (Å²) in [5.41, 5.74) is 0.526. The van der Waals surface area contributed by atoms with Crippen LogP contribution in [0.2, 0.25) is 0 Å². The lowest BCUT2D eigenvalue weighted by Crippen LogP contribution is -2.44. The molecule has 0 saturated carbocycles. The molecule has 1 rings (SSSR count). The summed E-state index contributed by atoms with van der Waals surface area (Å²) in [5, 5.41) is 8.44. The van der Waals surface area contributed by atoms with Crippen molar-refractivity contribution in [1.29, 1.82) is 5.26 Å². The molecule has 0 unspecified atom stereocenters. The SMILES string of the molecule is CC(=O)O[n+]1ccc(C#N)cc1. The van der Waals surface area contributed by atoms with Crippen LogP contribution in [0.5, 0.6) is 0 Å². The third-order valence-electron chi connectivity index (χ3n) is 1.17. The Morgan fingerprint density at radius 2 is 2.17 bits per heavy atom. The number of rotatable bonds is 1. The number of nitrogens with zero attached hydrogens (tertiary/aromatic N) is 2. The number of carbonyl (C=O) groups is 1. The van der Waals surface area contributed by atoms with Crippen molar-refractivity contribution in [1.82, 2.24) is 0 Å². The van der Waals surface area contributed by atoms with Crippen molar-refractivity contribution in [2.75, 3.05) is 0 Å². The molecular weight excluding hydrogens is 156 g/mol. The van der Waals surface area contributed by atoms with E-state index in [-0.39, 0.29) is 0 Å². The van der Waals surface area contributed by atoms with Gasteiger partial charge in [-0.1, -0.05) is 0 Å². The van der Waals surface area contributed by atoms with Crippen molar-refractivity contribution in [2.45, 2.75) is 6.92 Å². The highest BCUT2D eigenvalue weighted by atomic mass is 16.7. The van der Waals surface area contributed by atoms with Gasteiger partial charge >= 0.3 is 5.97 Å². The van der Waals surface area contributed by atoms with Gasteiger partial charge in [0.15, 0.2) is 0 Å². The van der Waals surface area contributed by atoms with Crippen LogP contribution in [0, 0.1) is 11.3 Å². The Morgan fingerprint density at radius 1 is 1.58 bits per heavy atom. The van der Waals surface area contributed by atoms with E-state index in [9.17, 15) is 4.79 Å². The van der Waals surface area contributed by atoms with E-state index in [4.69, 9.17) is 5.26 Å². The van der Waals surface area contributed by atoms with Crippen molar-refractivity contribution >= 4 is 5.97 Å². The van der Waals surface area contributed by atoms with Crippen LogP contribution < -0.4 is 9.57 Å². The first-order chi connectivity index (χ1) is 5.72. The van der Waals surface area contributed by atoms with Gasteiger partial charge in [-0.3, -0.25) is 0 Å². The van der Waals surface area contributed by atoms with Crippen LogP contribution >= 0.6 is 0 Å². The van der Waals surface area contributed by atoms with Gasteiger partial charge in [-0.05, 0) is 0 Å². The van der Waals surface area contributed by atoms with Crippen LogP contribution in [0.1, 0.15) is 12.5 Å². The van der Waals surface area contributed by atoms with Gasteiger partial charge in [0, 0.05) is 23.8 Å². The summed E-state index contributed by atoms with van der Waals surface area (Å²) in [7, 11) is 0. The molecule has 0 fully saturated rings. The van der Waals surface area contributed by atoms with Gasteiger partial charge in [0.1, 0.15) is 0 Å². The molecule has 4 nitrogen and oxygen atoms in total. The van der Waals surface area contributed by atoms with E-state index in [1.165, 1.54) is 24.0 Å². The summed E-state index contributed by atoms with van der Waals surface area (Å²) in [6.45, 7) is 1.31. The number of nitriles is 1. The lowest BCUT2D eigenvalue weighted by molar-refractivity contribution is -0.869.